The molecule has 0 aliphatic carbocycles. The van der Waals surface area contributed by atoms with Crippen LogP contribution in [0.2, 0.25) is 0 Å². The van der Waals surface area contributed by atoms with Crippen LogP contribution >= 0.6 is 0 Å². The molecule has 0 atom stereocenters. The fourth-order valence-electron chi connectivity index (χ4n) is 1.15. The van der Waals surface area contributed by atoms with Gasteiger partial charge in [-0.1, -0.05) is 65.8 Å². The van der Waals surface area contributed by atoms with Crippen molar-refractivity contribution in [2.45, 2.75) is 41.5 Å². The summed E-state index contributed by atoms with van der Waals surface area (Å²) in [5.41, 5.74) is 1.56. The van der Waals surface area contributed by atoms with Crippen molar-refractivity contribution in [2.75, 3.05) is 0 Å². The van der Waals surface area contributed by atoms with E-state index < -0.39 is 0 Å². The lowest BCUT2D eigenvalue weighted by Gasteiger charge is -2.20. The molecule has 0 amide bonds. The van der Waals surface area contributed by atoms with E-state index >= 15 is 0 Å². The molecule has 0 aliphatic rings. The largest absolute Gasteiger partial charge is 0.309 e. The second kappa shape index (κ2) is 5.83. The lowest BCUT2D eigenvalue weighted by molar-refractivity contribution is 0.516. The first-order chi connectivity index (χ1) is 7.17. The van der Waals surface area contributed by atoms with Crippen molar-refractivity contribution < 1.29 is 0 Å². The summed E-state index contributed by atoms with van der Waals surface area (Å²) < 4.78 is 0. The maximum Gasteiger partial charge on any atom is 0.0177 e. The number of allylic oxidation sites excluding steroid dienone is 6. The van der Waals surface area contributed by atoms with E-state index in [0.717, 1.165) is 0 Å². The Hall–Kier alpha value is -1.11. The molecule has 90 valence electrons. The van der Waals surface area contributed by atoms with Crippen LogP contribution in [0.15, 0.2) is 36.0 Å². The first-order valence-electron chi connectivity index (χ1n) is 5.74. The lowest BCUT2D eigenvalue weighted by atomic mass is 9.85. The van der Waals surface area contributed by atoms with Crippen molar-refractivity contribution >= 4 is 6.21 Å². The van der Waals surface area contributed by atoms with E-state index in [4.69, 9.17) is 5.41 Å². The van der Waals surface area contributed by atoms with Crippen LogP contribution in [0.1, 0.15) is 41.5 Å². The van der Waals surface area contributed by atoms with E-state index in [9.17, 15) is 0 Å². The maximum atomic E-state index is 7.02. The molecule has 0 aromatic heterocycles. The van der Waals surface area contributed by atoms with E-state index in [2.05, 4.69) is 59.8 Å². The van der Waals surface area contributed by atoms with Gasteiger partial charge >= 0.3 is 0 Å². The van der Waals surface area contributed by atoms with Crippen molar-refractivity contribution in [1.29, 1.82) is 5.41 Å². The highest BCUT2D eigenvalue weighted by molar-refractivity contribution is 5.68. The summed E-state index contributed by atoms with van der Waals surface area (Å²) >= 11 is 0. The highest BCUT2D eigenvalue weighted by Gasteiger charge is 2.13. The van der Waals surface area contributed by atoms with E-state index in [1.54, 1.807) is 6.08 Å². The molecule has 0 fully saturated rings. The van der Waals surface area contributed by atoms with Gasteiger partial charge in [0.15, 0.2) is 0 Å². The number of nitrogens with one attached hydrogen (secondary N) is 1. The Balaban J connectivity index is 4.92. The highest BCUT2D eigenvalue weighted by Crippen LogP contribution is 2.26. The van der Waals surface area contributed by atoms with Gasteiger partial charge in [-0.3, -0.25) is 0 Å². The van der Waals surface area contributed by atoms with E-state index in [1.165, 1.54) is 11.8 Å². The van der Waals surface area contributed by atoms with Crippen LogP contribution in [0, 0.1) is 16.2 Å². The van der Waals surface area contributed by atoms with Crippen LogP contribution in [0.5, 0.6) is 0 Å². The van der Waals surface area contributed by atoms with E-state index in [-0.39, 0.29) is 10.8 Å². The first kappa shape index (κ1) is 14.9. The smallest absolute Gasteiger partial charge is 0.0177 e. The minimum atomic E-state index is 0.113. The third kappa shape index (κ3) is 7.22. The van der Waals surface area contributed by atoms with E-state index in [0.29, 0.717) is 0 Å². The van der Waals surface area contributed by atoms with Crippen LogP contribution in [0.4, 0.5) is 0 Å². The van der Waals surface area contributed by atoms with Gasteiger partial charge in [0.05, 0.1) is 0 Å². The van der Waals surface area contributed by atoms with Crippen LogP contribution in [0.25, 0.3) is 0 Å². The molecular weight excluding hydrogens is 194 g/mol. The topological polar surface area (TPSA) is 23.9 Å². The molecule has 0 saturated carbocycles. The molecule has 0 aromatic carbocycles. The molecule has 0 bridgehead atoms. The Morgan fingerprint density at radius 3 is 1.88 bits per heavy atom. The number of hydrogen-bond donors (Lipinski definition) is 1. The first-order valence-corrected chi connectivity index (χ1v) is 5.74. The monoisotopic (exact) mass is 219 g/mol. The molecule has 0 rings (SSSR count). The normalized spacial score (nSPS) is 15.0. The van der Waals surface area contributed by atoms with Crippen molar-refractivity contribution in [3.05, 3.63) is 36.0 Å². The van der Waals surface area contributed by atoms with Crippen LogP contribution in [-0.2, 0) is 0 Å². The molecule has 1 nitrogen and oxygen atoms in total. The zero-order valence-corrected chi connectivity index (χ0v) is 11.5. The summed E-state index contributed by atoms with van der Waals surface area (Å²) in [6.07, 6.45) is 11.5. The predicted molar refractivity (Wildman–Crippen MR) is 74.1 cm³/mol. The molecule has 0 saturated heterocycles. The molecule has 0 radical (unpaired) electrons. The van der Waals surface area contributed by atoms with Crippen molar-refractivity contribution in [3.63, 3.8) is 0 Å². The molecule has 0 heterocycles. The number of rotatable bonds is 3. The Morgan fingerprint density at radius 2 is 1.50 bits per heavy atom. The Bertz CT molecular complexity index is 303. The van der Waals surface area contributed by atoms with Crippen molar-refractivity contribution in [3.8, 4) is 0 Å². The third-order valence-corrected chi connectivity index (χ3v) is 2.11. The summed E-state index contributed by atoms with van der Waals surface area (Å²) in [5, 5.41) is 7.02. The zero-order chi connectivity index (χ0) is 12.8. The lowest BCUT2D eigenvalue weighted by Crippen LogP contribution is -2.07. The molecule has 0 unspecified atom stereocenters. The molecular formula is C15H25N. The van der Waals surface area contributed by atoms with Gasteiger partial charge in [0.2, 0.25) is 0 Å². The molecule has 1 N–H and O–H groups in total. The fraction of sp³-hybridized carbons (Fsp3) is 0.533. The molecule has 16 heavy (non-hydrogen) atoms. The zero-order valence-electron chi connectivity index (χ0n) is 11.5. The van der Waals surface area contributed by atoms with Gasteiger partial charge in [-0.15, -0.1) is 0 Å². The highest BCUT2D eigenvalue weighted by atomic mass is 14.3. The Morgan fingerprint density at radius 1 is 0.938 bits per heavy atom. The van der Waals surface area contributed by atoms with Gasteiger partial charge in [-0.25, -0.2) is 0 Å². The predicted octanol–water partition coefficient (Wildman–Crippen LogP) is 4.77. The summed E-state index contributed by atoms with van der Waals surface area (Å²) in [6.45, 7) is 13.1. The van der Waals surface area contributed by atoms with Crippen LogP contribution < -0.4 is 0 Å². The van der Waals surface area contributed by atoms with Gasteiger partial charge in [0.25, 0.3) is 0 Å². The average Bonchev–Trinajstić information content (AvgIpc) is 2.06. The van der Waals surface area contributed by atoms with Gasteiger partial charge in [-0.05, 0) is 22.5 Å². The summed E-state index contributed by atoms with van der Waals surface area (Å²) in [5.74, 6) is 0. The van der Waals surface area contributed by atoms with Gasteiger partial charge in [-0.2, -0.15) is 0 Å². The van der Waals surface area contributed by atoms with Crippen LogP contribution in [-0.4, -0.2) is 6.21 Å². The molecule has 0 aliphatic heterocycles. The van der Waals surface area contributed by atoms with Gasteiger partial charge in [0, 0.05) is 6.21 Å². The molecule has 1 heteroatoms. The maximum absolute atomic E-state index is 7.02. The quantitative estimate of drug-likeness (QED) is 0.522. The summed E-state index contributed by atoms with van der Waals surface area (Å²) in [6, 6.07) is 0. The van der Waals surface area contributed by atoms with Gasteiger partial charge < -0.3 is 5.41 Å². The van der Waals surface area contributed by atoms with Gasteiger partial charge in [0.1, 0.15) is 0 Å². The van der Waals surface area contributed by atoms with Crippen molar-refractivity contribution in [1.82, 2.24) is 0 Å². The second-order valence-electron chi connectivity index (χ2n) is 6.12. The molecule has 0 aromatic rings. The minimum absolute atomic E-state index is 0.113. The standard InChI is InChI=1S/C15H25N/c1-14(2,3)11-7-9-13(10-8-12-16)15(4,5)6/h7-12,16H,1-6H3/b10-8-,11-7+,13-9+,16-12?. The summed E-state index contributed by atoms with van der Waals surface area (Å²) in [7, 11) is 0. The SMILES string of the molecule is CC(C)(C)/C=C/C=C(\C=C/C=N)C(C)(C)C. The van der Waals surface area contributed by atoms with Crippen LogP contribution in [0.3, 0.4) is 0 Å². The van der Waals surface area contributed by atoms with Crippen molar-refractivity contribution in [2.24, 2.45) is 10.8 Å². The summed E-state index contributed by atoms with van der Waals surface area (Å²) in [4.78, 5) is 0. The fourth-order valence-corrected chi connectivity index (χ4v) is 1.15. The second-order valence-corrected chi connectivity index (χ2v) is 6.12. The minimum Gasteiger partial charge on any atom is -0.309 e. The molecule has 0 spiro atoms. The average molecular weight is 219 g/mol. The Kier molecular flexibility index (Phi) is 5.43. The number of hydrogen-bond acceptors (Lipinski definition) is 1. The van der Waals surface area contributed by atoms with E-state index in [1.807, 2.05) is 6.08 Å². The third-order valence-electron chi connectivity index (χ3n) is 2.11. The Labute approximate surface area is 100 Å².